The van der Waals surface area contributed by atoms with Crippen LogP contribution >= 0.6 is 0 Å². The van der Waals surface area contributed by atoms with Crippen molar-refractivity contribution in [3.63, 3.8) is 0 Å². The molecule has 0 fully saturated rings. The van der Waals surface area contributed by atoms with Gasteiger partial charge in [-0.05, 0) is 48.9 Å². The first-order chi connectivity index (χ1) is 14.8. The molecule has 1 aliphatic rings. The van der Waals surface area contributed by atoms with E-state index in [2.05, 4.69) is 43.4 Å². The Morgan fingerprint density at radius 2 is 1.81 bits per heavy atom. The van der Waals surface area contributed by atoms with Crippen molar-refractivity contribution in [3.05, 3.63) is 53.6 Å². The lowest BCUT2D eigenvalue weighted by molar-refractivity contribution is -0.119. The van der Waals surface area contributed by atoms with Crippen molar-refractivity contribution >= 4 is 21.6 Å². The van der Waals surface area contributed by atoms with Gasteiger partial charge in [-0.15, -0.1) is 0 Å². The van der Waals surface area contributed by atoms with E-state index >= 15 is 0 Å². The maximum Gasteiger partial charge on any atom is 0.240 e. The van der Waals surface area contributed by atoms with Crippen molar-refractivity contribution in [1.82, 2.24) is 5.32 Å². The van der Waals surface area contributed by atoms with Crippen molar-refractivity contribution in [2.75, 3.05) is 29.9 Å². The van der Waals surface area contributed by atoms with Crippen LogP contribution in [0.15, 0.2) is 42.5 Å². The molecule has 31 heavy (non-hydrogen) atoms. The number of fused-ring (bicyclic) bond motifs is 1. The predicted molar refractivity (Wildman–Crippen MR) is 121 cm³/mol. The monoisotopic (exact) mass is 446 g/mol. The van der Waals surface area contributed by atoms with Gasteiger partial charge in [0.2, 0.25) is 22.7 Å². The van der Waals surface area contributed by atoms with Crippen molar-refractivity contribution in [2.24, 2.45) is 0 Å². The Morgan fingerprint density at radius 1 is 1.10 bits per heavy atom. The summed E-state index contributed by atoms with van der Waals surface area (Å²) in [7, 11) is -3.63. The normalized spacial score (nSPS) is 12.8. The first-order valence-corrected chi connectivity index (χ1v) is 12.2. The molecule has 0 saturated carbocycles. The fourth-order valence-corrected chi connectivity index (χ4v) is 4.38. The second kappa shape index (κ2) is 10.0. The van der Waals surface area contributed by atoms with Crippen LogP contribution in [0.3, 0.4) is 0 Å². The minimum atomic E-state index is -3.63. The average Bonchev–Trinajstić information content (AvgIpc) is 3.23. The molecule has 8 heteroatoms. The van der Waals surface area contributed by atoms with Crippen molar-refractivity contribution in [1.29, 1.82) is 0 Å². The van der Waals surface area contributed by atoms with Gasteiger partial charge in [-0.2, -0.15) is 0 Å². The summed E-state index contributed by atoms with van der Waals surface area (Å²) < 4.78 is 36.9. The quantitative estimate of drug-likeness (QED) is 0.565. The molecule has 2 aromatic rings. The minimum absolute atomic E-state index is 0.0972. The van der Waals surface area contributed by atoms with E-state index < -0.39 is 10.0 Å². The van der Waals surface area contributed by atoms with E-state index in [1.165, 1.54) is 11.1 Å². The molecule has 0 saturated heterocycles. The molecule has 0 unspecified atom stereocenters. The number of amides is 1. The zero-order chi connectivity index (χ0) is 22.4. The van der Waals surface area contributed by atoms with Crippen LogP contribution in [-0.2, 0) is 21.2 Å². The first-order valence-electron chi connectivity index (χ1n) is 10.6. The number of aryl methyl sites for hydroxylation is 1. The van der Waals surface area contributed by atoms with Gasteiger partial charge in [-0.25, -0.2) is 8.42 Å². The van der Waals surface area contributed by atoms with Crippen LogP contribution in [0.1, 0.15) is 44.2 Å². The molecule has 1 N–H and O–H groups in total. The third kappa shape index (κ3) is 5.91. The summed E-state index contributed by atoms with van der Waals surface area (Å²) in [6, 6.07) is 13.4. The molecule has 1 aliphatic heterocycles. The number of benzene rings is 2. The van der Waals surface area contributed by atoms with Gasteiger partial charge in [-0.1, -0.05) is 38.1 Å². The average molecular weight is 447 g/mol. The lowest BCUT2D eigenvalue weighted by Gasteiger charge is -2.23. The fourth-order valence-electron chi connectivity index (χ4n) is 3.32. The smallest absolute Gasteiger partial charge is 0.240 e. The predicted octanol–water partition coefficient (Wildman–Crippen LogP) is 3.44. The minimum Gasteiger partial charge on any atom is -0.454 e. The molecule has 0 radical (unpaired) electrons. The molecule has 0 bridgehead atoms. The summed E-state index contributed by atoms with van der Waals surface area (Å²) in [5.74, 6) is 1.08. The number of sulfonamides is 1. The molecule has 0 aliphatic carbocycles. The van der Waals surface area contributed by atoms with Crippen LogP contribution in [0.2, 0.25) is 0 Å². The number of hydrogen-bond acceptors (Lipinski definition) is 5. The third-order valence-electron chi connectivity index (χ3n) is 5.24. The standard InChI is InChI=1S/C23H30N2O5S/c1-4-31(27,28)25(20-11-12-21-22(14-20)30-16-29-21)15-23(26)24-13-5-6-18-7-9-19(10-8-18)17(2)3/h7-12,14,17H,4-6,13,15-16H2,1-3H3,(H,24,26). The topological polar surface area (TPSA) is 84.9 Å². The lowest BCUT2D eigenvalue weighted by Crippen LogP contribution is -2.41. The SMILES string of the molecule is CCS(=O)(=O)N(CC(=O)NCCCc1ccc(C(C)C)cc1)c1ccc2c(c1)OCO2. The highest BCUT2D eigenvalue weighted by molar-refractivity contribution is 7.92. The summed E-state index contributed by atoms with van der Waals surface area (Å²) in [5, 5.41) is 2.83. The summed E-state index contributed by atoms with van der Waals surface area (Å²) in [6.45, 7) is 6.18. The maximum atomic E-state index is 12.6. The van der Waals surface area contributed by atoms with Crippen LogP contribution in [0, 0.1) is 0 Å². The molecule has 0 atom stereocenters. The second-order valence-corrected chi connectivity index (χ2v) is 9.98. The molecule has 3 rings (SSSR count). The Balaban J connectivity index is 1.56. The largest absolute Gasteiger partial charge is 0.454 e. The highest BCUT2D eigenvalue weighted by Crippen LogP contribution is 2.36. The van der Waals surface area contributed by atoms with E-state index in [1.54, 1.807) is 25.1 Å². The number of anilines is 1. The van der Waals surface area contributed by atoms with Crippen molar-refractivity contribution in [2.45, 2.75) is 39.5 Å². The summed E-state index contributed by atoms with van der Waals surface area (Å²) in [4.78, 5) is 12.5. The van der Waals surface area contributed by atoms with E-state index in [1.807, 2.05) is 0 Å². The fraction of sp³-hybridized carbons (Fsp3) is 0.435. The van der Waals surface area contributed by atoms with E-state index in [0.717, 1.165) is 17.1 Å². The van der Waals surface area contributed by atoms with Crippen LogP contribution in [-0.4, -0.2) is 40.0 Å². The molecule has 7 nitrogen and oxygen atoms in total. The molecule has 1 amide bonds. The van der Waals surface area contributed by atoms with Gasteiger partial charge in [0.1, 0.15) is 6.54 Å². The van der Waals surface area contributed by atoms with Crippen LogP contribution in [0.5, 0.6) is 11.5 Å². The highest BCUT2D eigenvalue weighted by Gasteiger charge is 2.25. The molecular weight excluding hydrogens is 416 g/mol. The number of ether oxygens (including phenoxy) is 2. The highest BCUT2D eigenvalue weighted by atomic mass is 32.2. The van der Waals surface area contributed by atoms with Gasteiger partial charge >= 0.3 is 0 Å². The zero-order valence-corrected chi connectivity index (χ0v) is 19.1. The molecule has 0 aromatic heterocycles. The maximum absolute atomic E-state index is 12.6. The molecule has 1 heterocycles. The summed E-state index contributed by atoms with van der Waals surface area (Å²) >= 11 is 0. The first kappa shape index (κ1) is 22.9. The Kier molecular flexibility index (Phi) is 7.43. The molecule has 2 aromatic carbocycles. The van der Waals surface area contributed by atoms with Gasteiger partial charge in [-0.3, -0.25) is 9.10 Å². The van der Waals surface area contributed by atoms with E-state index in [9.17, 15) is 13.2 Å². The Labute approximate surface area is 184 Å². The van der Waals surface area contributed by atoms with Crippen molar-refractivity contribution < 1.29 is 22.7 Å². The number of carbonyl (C=O) groups is 1. The summed E-state index contributed by atoms with van der Waals surface area (Å²) in [6.07, 6.45) is 1.62. The Hall–Kier alpha value is -2.74. The van der Waals surface area contributed by atoms with Crippen molar-refractivity contribution in [3.8, 4) is 11.5 Å². The second-order valence-electron chi connectivity index (χ2n) is 7.79. The van der Waals surface area contributed by atoms with Gasteiger partial charge < -0.3 is 14.8 Å². The number of carbonyl (C=O) groups excluding carboxylic acids is 1. The van der Waals surface area contributed by atoms with E-state index in [-0.39, 0.29) is 25.0 Å². The lowest BCUT2D eigenvalue weighted by atomic mass is 10.0. The number of nitrogens with zero attached hydrogens (tertiary/aromatic N) is 1. The number of hydrogen-bond donors (Lipinski definition) is 1. The number of rotatable bonds is 10. The summed E-state index contributed by atoms with van der Waals surface area (Å²) in [5.41, 5.74) is 2.90. The van der Waals surface area contributed by atoms with Crippen LogP contribution in [0.25, 0.3) is 0 Å². The van der Waals surface area contributed by atoms with E-state index in [0.29, 0.717) is 29.6 Å². The van der Waals surface area contributed by atoms with Gasteiger partial charge in [0, 0.05) is 12.6 Å². The van der Waals surface area contributed by atoms with Crippen LogP contribution < -0.4 is 19.1 Å². The third-order valence-corrected chi connectivity index (χ3v) is 6.98. The Morgan fingerprint density at radius 3 is 2.48 bits per heavy atom. The zero-order valence-electron chi connectivity index (χ0n) is 18.3. The van der Waals surface area contributed by atoms with Gasteiger partial charge in [0.15, 0.2) is 11.5 Å². The number of nitrogens with one attached hydrogen (secondary N) is 1. The Bertz CT molecular complexity index is 1000. The van der Waals surface area contributed by atoms with Gasteiger partial charge in [0.25, 0.3) is 0 Å². The molecular formula is C23H30N2O5S. The van der Waals surface area contributed by atoms with E-state index in [4.69, 9.17) is 9.47 Å². The van der Waals surface area contributed by atoms with Gasteiger partial charge in [0.05, 0.1) is 11.4 Å². The molecule has 0 spiro atoms. The van der Waals surface area contributed by atoms with Crippen LogP contribution in [0.4, 0.5) is 5.69 Å². The molecule has 168 valence electrons.